The van der Waals surface area contributed by atoms with E-state index in [1.165, 1.54) is 6.39 Å². The maximum atomic E-state index is 9.57. The summed E-state index contributed by atoms with van der Waals surface area (Å²) < 4.78 is 10.9. The molecule has 1 aromatic carbocycles. The van der Waals surface area contributed by atoms with Gasteiger partial charge in [-0.25, -0.2) is 4.98 Å². The Morgan fingerprint density at radius 3 is 2.84 bits per heavy atom. The van der Waals surface area contributed by atoms with Crippen molar-refractivity contribution in [3.8, 4) is 23.1 Å². The zero-order chi connectivity index (χ0) is 17.8. The fraction of sp³-hybridized carbons (Fsp3) is 0.316. The van der Waals surface area contributed by atoms with Crippen LogP contribution in [-0.2, 0) is 6.42 Å². The van der Waals surface area contributed by atoms with Crippen LogP contribution in [0.4, 0.5) is 0 Å². The number of methoxy groups -OCH3 is 1. The molecule has 6 heteroatoms. The molecule has 0 aliphatic carbocycles. The Morgan fingerprint density at radius 1 is 1.36 bits per heavy atom. The Bertz CT molecular complexity index is 913. The summed E-state index contributed by atoms with van der Waals surface area (Å²) in [7, 11) is 1.60. The van der Waals surface area contributed by atoms with E-state index < -0.39 is 0 Å². The second kappa shape index (κ2) is 7.32. The number of rotatable bonds is 6. The summed E-state index contributed by atoms with van der Waals surface area (Å²) in [5.41, 5.74) is 8.63. The number of hydrogen-bond acceptors (Lipinski definition) is 6. The molecule has 0 amide bonds. The van der Waals surface area contributed by atoms with Crippen LogP contribution in [0.15, 0.2) is 35.2 Å². The maximum absolute atomic E-state index is 9.57. The summed E-state index contributed by atoms with van der Waals surface area (Å²) in [5.74, 6) is 1.64. The van der Waals surface area contributed by atoms with Crippen LogP contribution in [0.25, 0.3) is 22.2 Å². The maximum Gasteiger partial charge on any atom is 0.181 e. The summed E-state index contributed by atoms with van der Waals surface area (Å²) in [6.45, 7) is 2.76. The number of fused-ring (bicyclic) bond motifs is 1. The standard InChI is InChI=1S/C19H20N4O2/c1-12(8-20)3-4-14-5-13(9-21)15-6-16(19-10-22-11-25-19)18(24-2)7-17(15)23-14/h5-7,10-12H,3-4,8,20H2,1-2H3. The van der Waals surface area contributed by atoms with Gasteiger partial charge in [0.25, 0.3) is 0 Å². The van der Waals surface area contributed by atoms with E-state index >= 15 is 0 Å². The van der Waals surface area contributed by atoms with Crippen LogP contribution in [-0.4, -0.2) is 23.6 Å². The van der Waals surface area contributed by atoms with E-state index in [9.17, 15) is 5.26 Å². The van der Waals surface area contributed by atoms with Crippen molar-refractivity contribution in [1.29, 1.82) is 5.26 Å². The number of benzene rings is 1. The highest BCUT2D eigenvalue weighted by atomic mass is 16.5. The van der Waals surface area contributed by atoms with Gasteiger partial charge in [0.05, 0.1) is 36.0 Å². The van der Waals surface area contributed by atoms with Crippen LogP contribution in [0.2, 0.25) is 0 Å². The number of aryl methyl sites for hydroxylation is 1. The van der Waals surface area contributed by atoms with Crippen molar-refractivity contribution in [1.82, 2.24) is 9.97 Å². The van der Waals surface area contributed by atoms with Gasteiger partial charge in [0.2, 0.25) is 0 Å². The zero-order valence-corrected chi connectivity index (χ0v) is 14.3. The first kappa shape index (κ1) is 16.9. The van der Waals surface area contributed by atoms with Crippen molar-refractivity contribution in [2.45, 2.75) is 19.8 Å². The van der Waals surface area contributed by atoms with E-state index in [2.05, 4.69) is 18.0 Å². The highest BCUT2D eigenvalue weighted by Crippen LogP contribution is 2.34. The van der Waals surface area contributed by atoms with Crippen molar-refractivity contribution >= 4 is 10.9 Å². The normalized spacial score (nSPS) is 12.1. The molecule has 25 heavy (non-hydrogen) atoms. The van der Waals surface area contributed by atoms with Crippen LogP contribution < -0.4 is 10.5 Å². The first-order valence-electron chi connectivity index (χ1n) is 8.17. The van der Waals surface area contributed by atoms with Crippen LogP contribution in [0.1, 0.15) is 24.6 Å². The first-order valence-corrected chi connectivity index (χ1v) is 8.17. The van der Waals surface area contributed by atoms with Gasteiger partial charge in [-0.1, -0.05) is 6.92 Å². The molecule has 3 rings (SSSR count). The molecule has 0 aliphatic heterocycles. The number of nitriles is 1. The van der Waals surface area contributed by atoms with Crippen LogP contribution in [0.3, 0.4) is 0 Å². The fourth-order valence-electron chi connectivity index (χ4n) is 2.75. The van der Waals surface area contributed by atoms with Gasteiger partial charge in [0.15, 0.2) is 12.2 Å². The van der Waals surface area contributed by atoms with Gasteiger partial charge in [0, 0.05) is 17.1 Å². The van der Waals surface area contributed by atoms with E-state index in [0.29, 0.717) is 29.5 Å². The lowest BCUT2D eigenvalue weighted by atomic mass is 10.00. The quantitative estimate of drug-likeness (QED) is 0.741. The van der Waals surface area contributed by atoms with Crippen LogP contribution in [0, 0.1) is 17.2 Å². The summed E-state index contributed by atoms with van der Waals surface area (Å²) in [5, 5.41) is 10.3. The molecule has 0 spiro atoms. The molecule has 128 valence electrons. The monoisotopic (exact) mass is 336 g/mol. The first-order chi connectivity index (χ1) is 12.2. The van der Waals surface area contributed by atoms with Gasteiger partial charge >= 0.3 is 0 Å². The van der Waals surface area contributed by atoms with Crippen LogP contribution in [0.5, 0.6) is 5.75 Å². The Kier molecular flexibility index (Phi) is 4.96. The molecule has 2 aromatic heterocycles. The Labute approximate surface area is 146 Å². The second-order valence-electron chi connectivity index (χ2n) is 6.09. The predicted octanol–water partition coefficient (Wildman–Crippen LogP) is 3.30. The van der Waals surface area contributed by atoms with Gasteiger partial charge in [-0.05, 0) is 37.4 Å². The highest BCUT2D eigenvalue weighted by Gasteiger charge is 2.15. The largest absolute Gasteiger partial charge is 0.496 e. The molecule has 0 bridgehead atoms. The van der Waals surface area contributed by atoms with Crippen molar-refractivity contribution in [3.63, 3.8) is 0 Å². The van der Waals surface area contributed by atoms with Gasteiger partial charge in [-0.3, -0.25) is 4.98 Å². The zero-order valence-electron chi connectivity index (χ0n) is 14.3. The Hall–Kier alpha value is -2.91. The molecule has 0 fully saturated rings. The van der Waals surface area contributed by atoms with Gasteiger partial charge < -0.3 is 14.9 Å². The number of hydrogen-bond donors (Lipinski definition) is 1. The third-order valence-electron chi connectivity index (χ3n) is 4.30. The van der Waals surface area contributed by atoms with Crippen molar-refractivity contribution in [2.24, 2.45) is 11.7 Å². The molecule has 1 atom stereocenters. The van der Waals surface area contributed by atoms with E-state index in [0.717, 1.165) is 35.0 Å². The molecule has 0 saturated carbocycles. The third-order valence-corrected chi connectivity index (χ3v) is 4.30. The summed E-state index contributed by atoms with van der Waals surface area (Å²) >= 11 is 0. The second-order valence-corrected chi connectivity index (χ2v) is 6.09. The van der Waals surface area contributed by atoms with Gasteiger partial charge in [-0.2, -0.15) is 5.26 Å². The Morgan fingerprint density at radius 2 is 2.20 bits per heavy atom. The molecular weight excluding hydrogens is 316 g/mol. The van der Waals surface area contributed by atoms with Gasteiger partial charge in [-0.15, -0.1) is 0 Å². The molecule has 2 heterocycles. The minimum Gasteiger partial charge on any atom is -0.496 e. The molecule has 0 aliphatic rings. The number of nitrogens with two attached hydrogens (primary N) is 1. The van der Waals surface area contributed by atoms with Crippen molar-refractivity contribution in [3.05, 3.63) is 42.0 Å². The van der Waals surface area contributed by atoms with Gasteiger partial charge in [0.1, 0.15) is 5.75 Å². The number of nitrogens with zero attached hydrogens (tertiary/aromatic N) is 3. The van der Waals surface area contributed by atoms with Crippen molar-refractivity contribution in [2.75, 3.05) is 13.7 Å². The summed E-state index contributed by atoms with van der Waals surface area (Å²) in [6.07, 6.45) is 4.71. The predicted molar refractivity (Wildman–Crippen MR) is 95.0 cm³/mol. The minimum atomic E-state index is 0.423. The number of oxazole rings is 1. The molecule has 3 aromatic rings. The third kappa shape index (κ3) is 3.47. The van der Waals surface area contributed by atoms with E-state index in [-0.39, 0.29) is 0 Å². The topological polar surface area (TPSA) is 98.0 Å². The SMILES string of the molecule is COc1cc2nc(CCC(C)CN)cc(C#N)c2cc1-c1cnco1. The lowest BCUT2D eigenvalue weighted by Gasteiger charge is -2.12. The average molecular weight is 336 g/mol. The molecule has 2 N–H and O–H groups in total. The number of pyridine rings is 1. The van der Waals surface area contributed by atoms with Crippen molar-refractivity contribution < 1.29 is 9.15 Å². The minimum absolute atomic E-state index is 0.423. The molecule has 0 saturated heterocycles. The summed E-state index contributed by atoms with van der Waals surface area (Å²) in [6, 6.07) is 7.82. The van der Waals surface area contributed by atoms with E-state index in [4.69, 9.17) is 19.9 Å². The lowest BCUT2D eigenvalue weighted by Crippen LogP contribution is -2.11. The summed E-state index contributed by atoms with van der Waals surface area (Å²) in [4.78, 5) is 8.65. The number of ether oxygens (including phenoxy) is 1. The lowest BCUT2D eigenvalue weighted by molar-refractivity contribution is 0.415. The molecular formula is C19H20N4O2. The van der Waals surface area contributed by atoms with E-state index in [1.807, 2.05) is 18.2 Å². The fourth-order valence-corrected chi connectivity index (χ4v) is 2.75. The highest BCUT2D eigenvalue weighted by molar-refractivity contribution is 5.91. The molecule has 6 nitrogen and oxygen atoms in total. The molecule has 0 radical (unpaired) electrons. The molecule has 1 unspecified atom stereocenters. The smallest absolute Gasteiger partial charge is 0.181 e. The number of aromatic nitrogens is 2. The average Bonchev–Trinajstić information content (AvgIpc) is 3.18. The van der Waals surface area contributed by atoms with Crippen LogP contribution >= 0.6 is 0 Å². The Balaban J connectivity index is 2.10. The van der Waals surface area contributed by atoms with E-state index in [1.54, 1.807) is 13.3 Å².